The fraction of sp³-hybridized carbons (Fsp3) is 0.312. The van der Waals surface area contributed by atoms with E-state index in [-0.39, 0.29) is 5.41 Å². The first kappa shape index (κ1) is 17.4. The Kier molecular flexibility index (Phi) is 3.01. The van der Waals surface area contributed by atoms with Gasteiger partial charge in [-0.05, 0) is 89.3 Å². The van der Waals surface area contributed by atoms with Crippen LogP contribution >= 0.6 is 0 Å². The maximum atomic E-state index is 3.92. The molecule has 4 saturated carbocycles. The average molecular weight is 426 g/mol. The lowest BCUT2D eigenvalue weighted by Crippen LogP contribution is -2.55. The van der Waals surface area contributed by atoms with E-state index in [4.69, 9.17) is 0 Å². The normalized spacial score (nSPS) is 31.2. The maximum Gasteiger partial charge on any atom is 0.0548 e. The topological polar surface area (TPSA) is 15.8 Å². The van der Waals surface area contributed by atoms with E-state index in [0.29, 0.717) is 0 Å². The molecule has 160 valence electrons. The number of rotatable bonds is 0. The smallest absolute Gasteiger partial charge is 0.0548 e. The van der Waals surface area contributed by atoms with Crippen molar-refractivity contribution in [1.29, 1.82) is 0 Å². The number of aromatic amines is 1. The summed E-state index contributed by atoms with van der Waals surface area (Å²) in [6.07, 6.45) is 7.27. The Bertz CT molecular complexity index is 1610. The molecule has 5 aliphatic carbocycles. The zero-order valence-corrected chi connectivity index (χ0v) is 18.8. The van der Waals surface area contributed by atoms with E-state index in [1.165, 1.54) is 75.8 Å². The molecular formula is C32H27N. The van der Waals surface area contributed by atoms with Crippen molar-refractivity contribution in [2.24, 2.45) is 23.7 Å². The Hall–Kier alpha value is -3.06. The van der Waals surface area contributed by atoms with E-state index in [9.17, 15) is 0 Å². The van der Waals surface area contributed by atoms with Gasteiger partial charge in [0, 0.05) is 27.3 Å². The Morgan fingerprint density at radius 2 is 1.39 bits per heavy atom. The van der Waals surface area contributed by atoms with Gasteiger partial charge < -0.3 is 4.98 Å². The van der Waals surface area contributed by atoms with Crippen LogP contribution in [0, 0.1) is 23.7 Å². The minimum absolute atomic E-state index is 0.243. The van der Waals surface area contributed by atoms with Crippen LogP contribution in [0.25, 0.3) is 43.7 Å². The third-order valence-corrected chi connectivity index (χ3v) is 10.2. The number of H-pyrrole nitrogens is 1. The zero-order valence-electron chi connectivity index (χ0n) is 18.8. The summed E-state index contributed by atoms with van der Waals surface area (Å²) >= 11 is 0. The largest absolute Gasteiger partial charge is 0.354 e. The predicted octanol–water partition coefficient (Wildman–Crippen LogP) is 8.20. The molecule has 5 aliphatic rings. The molecule has 5 aromatic rings. The second-order valence-corrected chi connectivity index (χ2v) is 11.5. The molecule has 1 heterocycles. The number of hydrogen-bond donors (Lipinski definition) is 1. The summed E-state index contributed by atoms with van der Waals surface area (Å²) in [6.45, 7) is 0. The van der Waals surface area contributed by atoms with Crippen molar-refractivity contribution in [1.82, 2.24) is 4.98 Å². The van der Waals surface area contributed by atoms with E-state index < -0.39 is 0 Å². The molecule has 1 N–H and O–H groups in total. The average Bonchev–Trinajstić information content (AvgIpc) is 3.36. The fourth-order valence-corrected chi connectivity index (χ4v) is 9.38. The van der Waals surface area contributed by atoms with E-state index >= 15 is 0 Å². The van der Waals surface area contributed by atoms with Gasteiger partial charge in [0.1, 0.15) is 0 Å². The zero-order chi connectivity index (χ0) is 21.3. The highest BCUT2D eigenvalue weighted by Gasteiger charge is 2.61. The SMILES string of the molecule is c1ccc2c(c1)-c1c(ccc3c1[nH]c1ccc4ccccc4c13)C21C2CC3CC(C2)CC1C3. The summed E-state index contributed by atoms with van der Waals surface area (Å²) in [6, 6.07) is 27.9. The Labute approximate surface area is 193 Å². The highest BCUT2D eigenvalue weighted by molar-refractivity contribution is 6.23. The summed E-state index contributed by atoms with van der Waals surface area (Å²) < 4.78 is 0. The number of hydrogen-bond acceptors (Lipinski definition) is 0. The van der Waals surface area contributed by atoms with Gasteiger partial charge in [-0.2, -0.15) is 0 Å². The lowest BCUT2D eigenvalue weighted by molar-refractivity contribution is -0.0399. The van der Waals surface area contributed by atoms with Gasteiger partial charge in [-0.1, -0.05) is 66.7 Å². The van der Waals surface area contributed by atoms with Crippen LogP contribution in [-0.4, -0.2) is 4.98 Å². The molecular weight excluding hydrogens is 398 g/mol. The van der Waals surface area contributed by atoms with Crippen LogP contribution in [0.3, 0.4) is 0 Å². The van der Waals surface area contributed by atoms with Crippen molar-refractivity contribution in [3.05, 3.63) is 83.9 Å². The van der Waals surface area contributed by atoms with Gasteiger partial charge in [0.05, 0.1) is 5.52 Å². The molecule has 0 atom stereocenters. The monoisotopic (exact) mass is 425 g/mol. The van der Waals surface area contributed by atoms with Gasteiger partial charge in [0.15, 0.2) is 0 Å². The van der Waals surface area contributed by atoms with Crippen LogP contribution in [0.1, 0.15) is 43.2 Å². The number of benzene rings is 4. The molecule has 0 radical (unpaired) electrons. The molecule has 0 amide bonds. The molecule has 0 aliphatic heterocycles. The highest BCUT2D eigenvalue weighted by Crippen LogP contribution is 2.69. The molecule has 1 heteroatoms. The molecule has 1 aromatic heterocycles. The van der Waals surface area contributed by atoms with Gasteiger partial charge in [0.2, 0.25) is 0 Å². The molecule has 10 rings (SSSR count). The minimum atomic E-state index is 0.243. The molecule has 0 saturated heterocycles. The Balaban J connectivity index is 1.42. The van der Waals surface area contributed by atoms with Crippen molar-refractivity contribution in [2.45, 2.75) is 37.5 Å². The molecule has 33 heavy (non-hydrogen) atoms. The van der Waals surface area contributed by atoms with Gasteiger partial charge in [-0.25, -0.2) is 0 Å². The van der Waals surface area contributed by atoms with Crippen molar-refractivity contribution in [3.63, 3.8) is 0 Å². The first-order valence-electron chi connectivity index (χ1n) is 12.9. The molecule has 1 nitrogen and oxygen atoms in total. The molecule has 0 unspecified atom stereocenters. The Morgan fingerprint density at radius 3 is 2.24 bits per heavy atom. The summed E-state index contributed by atoms with van der Waals surface area (Å²) in [4.78, 5) is 3.92. The van der Waals surface area contributed by atoms with Crippen LogP contribution in [0.15, 0.2) is 72.8 Å². The third kappa shape index (κ3) is 1.91. The van der Waals surface area contributed by atoms with Gasteiger partial charge in [-0.3, -0.25) is 0 Å². The quantitative estimate of drug-likeness (QED) is 0.257. The van der Waals surface area contributed by atoms with Crippen molar-refractivity contribution in [3.8, 4) is 11.1 Å². The summed E-state index contributed by atoms with van der Waals surface area (Å²) in [5.41, 5.74) is 9.16. The highest BCUT2D eigenvalue weighted by atomic mass is 14.7. The first-order valence-corrected chi connectivity index (χ1v) is 12.9. The van der Waals surface area contributed by atoms with Gasteiger partial charge in [-0.15, -0.1) is 0 Å². The summed E-state index contributed by atoms with van der Waals surface area (Å²) in [7, 11) is 0. The van der Waals surface area contributed by atoms with E-state index in [1.54, 1.807) is 11.1 Å². The van der Waals surface area contributed by atoms with E-state index in [0.717, 1.165) is 23.7 Å². The summed E-state index contributed by atoms with van der Waals surface area (Å²) in [5.74, 6) is 3.60. The molecule has 4 aromatic carbocycles. The van der Waals surface area contributed by atoms with Crippen LogP contribution in [-0.2, 0) is 5.41 Å². The fourth-order valence-electron chi connectivity index (χ4n) is 9.38. The Morgan fingerprint density at radius 1 is 0.636 bits per heavy atom. The maximum absolute atomic E-state index is 3.92. The van der Waals surface area contributed by atoms with Crippen molar-refractivity contribution >= 4 is 32.6 Å². The second-order valence-electron chi connectivity index (χ2n) is 11.5. The van der Waals surface area contributed by atoms with Gasteiger partial charge >= 0.3 is 0 Å². The van der Waals surface area contributed by atoms with Crippen molar-refractivity contribution in [2.75, 3.05) is 0 Å². The number of nitrogens with one attached hydrogen (secondary N) is 1. The predicted molar refractivity (Wildman–Crippen MR) is 137 cm³/mol. The lowest BCUT2D eigenvalue weighted by atomic mass is 9.43. The van der Waals surface area contributed by atoms with E-state index in [1.807, 2.05) is 0 Å². The second kappa shape index (κ2) is 5.70. The molecule has 4 bridgehead atoms. The van der Waals surface area contributed by atoms with Crippen LogP contribution < -0.4 is 0 Å². The van der Waals surface area contributed by atoms with Crippen LogP contribution in [0.2, 0.25) is 0 Å². The van der Waals surface area contributed by atoms with Crippen molar-refractivity contribution < 1.29 is 0 Å². The first-order chi connectivity index (χ1) is 16.3. The minimum Gasteiger partial charge on any atom is -0.354 e. The molecule has 4 fully saturated rings. The van der Waals surface area contributed by atoms with Crippen LogP contribution in [0.5, 0.6) is 0 Å². The van der Waals surface area contributed by atoms with E-state index in [2.05, 4.69) is 77.8 Å². The summed E-state index contributed by atoms with van der Waals surface area (Å²) in [5, 5.41) is 5.45. The standard InChI is InChI=1S/C32H27N/c1-2-6-23-20(5-1)9-12-28-29(23)25-10-11-27-30(31(25)33-28)24-7-3-4-8-26(24)32(27)21-14-18-13-19(16-21)17-22(32)15-18/h1-12,18-19,21-22,33H,13-17H2. The number of fused-ring (bicyclic) bond motifs is 9. The lowest BCUT2D eigenvalue weighted by Gasteiger charge is -2.61. The molecule has 1 spiro atoms. The number of aromatic nitrogens is 1. The van der Waals surface area contributed by atoms with Gasteiger partial charge in [0.25, 0.3) is 0 Å². The third-order valence-electron chi connectivity index (χ3n) is 10.2. The van der Waals surface area contributed by atoms with Crippen LogP contribution in [0.4, 0.5) is 0 Å².